The minimum atomic E-state index is 0.468. The Hall–Kier alpha value is -0.500. The molecule has 0 amide bonds. The zero-order valence-corrected chi connectivity index (χ0v) is 12.8. The smallest absolute Gasteiger partial charge is 0.119 e. The minimum Gasteiger partial charge on any atom is -0.508 e. The van der Waals surface area contributed by atoms with Crippen LogP contribution in [-0.2, 0) is 6.42 Å². The Balaban J connectivity index is 2.79. The molecule has 0 bridgehead atoms. The van der Waals surface area contributed by atoms with Gasteiger partial charge >= 0.3 is 0 Å². The van der Waals surface area contributed by atoms with E-state index in [2.05, 4.69) is 49.7 Å². The molecule has 1 N–H and O–H groups in total. The summed E-state index contributed by atoms with van der Waals surface area (Å²) in [5, 5.41) is 10.1. The number of phenols is 1. The van der Waals surface area contributed by atoms with Crippen molar-refractivity contribution in [1.82, 2.24) is 0 Å². The molecule has 1 aromatic carbocycles. The Kier molecular flexibility index (Phi) is 5.51. The first-order valence-electron chi connectivity index (χ1n) is 6.38. The second-order valence-corrected chi connectivity index (χ2v) is 6.73. The number of aryl methyl sites for hydroxylation is 1. The lowest BCUT2D eigenvalue weighted by Gasteiger charge is -2.13. The van der Waals surface area contributed by atoms with E-state index >= 15 is 0 Å². The summed E-state index contributed by atoms with van der Waals surface area (Å²) in [6, 6.07) is 4.13. The van der Waals surface area contributed by atoms with Crippen LogP contribution in [-0.4, -0.2) is 9.93 Å². The molecule has 1 rings (SSSR count). The summed E-state index contributed by atoms with van der Waals surface area (Å²) in [5.74, 6) is 0.937. The highest BCUT2D eigenvalue weighted by Crippen LogP contribution is 2.28. The average Bonchev–Trinajstić information content (AvgIpc) is 2.21. The third-order valence-electron chi connectivity index (χ3n) is 3.17. The predicted molar refractivity (Wildman–Crippen MR) is 78.3 cm³/mol. The molecule has 0 radical (unpaired) electrons. The number of hydrogen-bond acceptors (Lipinski definition) is 1. The maximum Gasteiger partial charge on any atom is 0.119 e. The van der Waals surface area contributed by atoms with Gasteiger partial charge in [-0.1, -0.05) is 42.8 Å². The maximum absolute atomic E-state index is 10.1. The van der Waals surface area contributed by atoms with Crippen molar-refractivity contribution < 1.29 is 5.11 Å². The fourth-order valence-electron chi connectivity index (χ4n) is 2.04. The van der Waals surface area contributed by atoms with Gasteiger partial charge in [0.2, 0.25) is 0 Å². The quantitative estimate of drug-likeness (QED) is 0.764. The average molecular weight is 299 g/mol. The minimum absolute atomic E-state index is 0.468. The summed E-state index contributed by atoms with van der Waals surface area (Å²) in [6.45, 7) is 8.56. The number of phenolic OH excluding ortho intramolecular Hbond substituents is 1. The largest absolute Gasteiger partial charge is 0.508 e. The van der Waals surface area contributed by atoms with E-state index in [1.807, 2.05) is 6.07 Å². The van der Waals surface area contributed by atoms with E-state index in [0.29, 0.717) is 16.5 Å². The number of halogens is 1. The molecule has 96 valence electrons. The van der Waals surface area contributed by atoms with Crippen LogP contribution in [0.4, 0.5) is 0 Å². The third-order valence-corrected chi connectivity index (χ3v) is 3.62. The molecule has 0 aliphatic carbocycles. The molecule has 1 nitrogen and oxygen atoms in total. The van der Waals surface area contributed by atoms with Crippen molar-refractivity contribution >= 4 is 15.9 Å². The first-order valence-corrected chi connectivity index (χ1v) is 7.29. The first-order chi connectivity index (χ1) is 7.91. The predicted octanol–water partition coefficient (Wildman–Crippen LogP) is 4.93. The lowest BCUT2D eigenvalue weighted by molar-refractivity contribution is 0.464. The van der Waals surface area contributed by atoms with Crippen LogP contribution in [0.25, 0.3) is 0 Å². The van der Waals surface area contributed by atoms with Gasteiger partial charge in [-0.2, -0.15) is 0 Å². The second-order valence-electron chi connectivity index (χ2n) is 5.16. The molecule has 1 unspecified atom stereocenters. The highest BCUT2D eigenvalue weighted by Gasteiger charge is 2.09. The van der Waals surface area contributed by atoms with Crippen LogP contribution >= 0.6 is 15.9 Å². The van der Waals surface area contributed by atoms with Crippen LogP contribution in [0.5, 0.6) is 5.75 Å². The van der Waals surface area contributed by atoms with E-state index in [-0.39, 0.29) is 0 Å². The molecule has 0 aliphatic rings. The van der Waals surface area contributed by atoms with Gasteiger partial charge < -0.3 is 5.11 Å². The van der Waals surface area contributed by atoms with E-state index in [4.69, 9.17) is 0 Å². The maximum atomic E-state index is 10.1. The van der Waals surface area contributed by atoms with Crippen molar-refractivity contribution in [1.29, 1.82) is 0 Å². The summed E-state index contributed by atoms with van der Waals surface area (Å²) in [6.07, 6.45) is 3.22. The summed E-state index contributed by atoms with van der Waals surface area (Å²) in [5.41, 5.74) is 3.55. The van der Waals surface area contributed by atoms with Gasteiger partial charge in [0.05, 0.1) is 0 Å². The molecule has 0 fully saturated rings. The van der Waals surface area contributed by atoms with Crippen LogP contribution in [0.2, 0.25) is 0 Å². The molecule has 2 heteroatoms. The Bertz CT molecular complexity index is 346. The van der Waals surface area contributed by atoms with Crippen molar-refractivity contribution in [3.05, 3.63) is 28.8 Å². The van der Waals surface area contributed by atoms with Crippen LogP contribution in [0.3, 0.4) is 0 Å². The SMILES string of the molecule is Cc1cc(C(C)C)cc(O)c1CCCC(C)Br. The fourth-order valence-corrected chi connectivity index (χ4v) is 2.37. The van der Waals surface area contributed by atoms with Gasteiger partial charge in [-0.15, -0.1) is 0 Å². The molecular formula is C15H23BrO. The van der Waals surface area contributed by atoms with Crippen molar-refractivity contribution in [3.8, 4) is 5.75 Å². The van der Waals surface area contributed by atoms with E-state index in [1.54, 1.807) is 0 Å². The monoisotopic (exact) mass is 298 g/mol. The molecule has 0 heterocycles. The first kappa shape index (κ1) is 14.6. The van der Waals surface area contributed by atoms with Crippen molar-refractivity contribution in [3.63, 3.8) is 0 Å². The van der Waals surface area contributed by atoms with Gasteiger partial charge in [-0.05, 0) is 54.9 Å². The summed E-state index contributed by atoms with van der Waals surface area (Å²) >= 11 is 3.55. The molecule has 0 aliphatic heterocycles. The number of benzene rings is 1. The molecule has 0 saturated carbocycles. The molecule has 0 saturated heterocycles. The number of alkyl halides is 1. The Morgan fingerprint density at radius 2 is 1.88 bits per heavy atom. The highest BCUT2D eigenvalue weighted by atomic mass is 79.9. The number of rotatable bonds is 5. The molecule has 17 heavy (non-hydrogen) atoms. The number of hydrogen-bond donors (Lipinski definition) is 1. The zero-order chi connectivity index (χ0) is 13.0. The molecule has 0 spiro atoms. The zero-order valence-electron chi connectivity index (χ0n) is 11.3. The van der Waals surface area contributed by atoms with Gasteiger partial charge in [0.1, 0.15) is 5.75 Å². The summed E-state index contributed by atoms with van der Waals surface area (Å²) < 4.78 is 0. The van der Waals surface area contributed by atoms with Crippen molar-refractivity contribution in [2.24, 2.45) is 0 Å². The topological polar surface area (TPSA) is 20.2 Å². The molecule has 1 aromatic rings. The molecular weight excluding hydrogens is 276 g/mol. The second kappa shape index (κ2) is 6.44. The lowest BCUT2D eigenvalue weighted by Crippen LogP contribution is -1.97. The van der Waals surface area contributed by atoms with Crippen LogP contribution in [0, 0.1) is 6.92 Å². The molecule has 1 atom stereocenters. The number of aromatic hydroxyl groups is 1. The van der Waals surface area contributed by atoms with Gasteiger partial charge in [-0.3, -0.25) is 0 Å². The van der Waals surface area contributed by atoms with Crippen molar-refractivity contribution in [2.45, 2.75) is 57.7 Å². The fraction of sp³-hybridized carbons (Fsp3) is 0.600. The van der Waals surface area contributed by atoms with Gasteiger partial charge in [0.25, 0.3) is 0 Å². The molecule has 0 aromatic heterocycles. The Morgan fingerprint density at radius 3 is 2.35 bits per heavy atom. The summed E-state index contributed by atoms with van der Waals surface area (Å²) in [7, 11) is 0. The lowest BCUT2D eigenvalue weighted by atomic mass is 9.94. The van der Waals surface area contributed by atoms with Crippen LogP contribution in [0.15, 0.2) is 12.1 Å². The van der Waals surface area contributed by atoms with E-state index in [0.717, 1.165) is 24.8 Å². The van der Waals surface area contributed by atoms with Crippen LogP contribution < -0.4 is 0 Å². The summed E-state index contributed by atoms with van der Waals surface area (Å²) in [4.78, 5) is 0.555. The Morgan fingerprint density at radius 1 is 1.24 bits per heavy atom. The van der Waals surface area contributed by atoms with Gasteiger partial charge in [-0.25, -0.2) is 0 Å². The highest BCUT2D eigenvalue weighted by molar-refractivity contribution is 9.09. The standard InChI is InChI=1S/C15H23BrO/c1-10(2)13-8-11(3)14(15(17)9-13)7-5-6-12(4)16/h8-10,12,17H,5-7H2,1-4H3. The van der Waals surface area contributed by atoms with Crippen molar-refractivity contribution in [2.75, 3.05) is 0 Å². The van der Waals surface area contributed by atoms with Gasteiger partial charge in [0, 0.05) is 4.83 Å². The van der Waals surface area contributed by atoms with E-state index in [9.17, 15) is 5.11 Å². The normalized spacial score (nSPS) is 13.1. The van der Waals surface area contributed by atoms with E-state index in [1.165, 1.54) is 11.1 Å². The van der Waals surface area contributed by atoms with Crippen LogP contribution in [0.1, 0.15) is 56.2 Å². The van der Waals surface area contributed by atoms with E-state index < -0.39 is 0 Å². The Labute approximate surface area is 113 Å². The third kappa shape index (κ3) is 4.34. The van der Waals surface area contributed by atoms with Gasteiger partial charge in [0.15, 0.2) is 0 Å².